The number of carbonyl (C=O) groups is 3. The van der Waals surface area contributed by atoms with Crippen molar-refractivity contribution in [1.29, 1.82) is 0 Å². The van der Waals surface area contributed by atoms with Gasteiger partial charge in [-0.25, -0.2) is 9.59 Å². The van der Waals surface area contributed by atoms with Gasteiger partial charge in [-0.1, -0.05) is 0 Å². The summed E-state index contributed by atoms with van der Waals surface area (Å²) in [7, 11) is 0. The van der Waals surface area contributed by atoms with Gasteiger partial charge in [-0.05, 0) is 80.1 Å². The maximum absolute atomic E-state index is 12.5. The van der Waals surface area contributed by atoms with Crippen molar-refractivity contribution in [3.05, 3.63) is 0 Å². The van der Waals surface area contributed by atoms with Gasteiger partial charge in [-0.15, -0.1) is 0 Å². The van der Waals surface area contributed by atoms with Crippen molar-refractivity contribution in [2.24, 2.45) is 5.41 Å². The van der Waals surface area contributed by atoms with Crippen LogP contribution >= 0.6 is 0 Å². The number of likely N-dealkylation sites (tertiary alicyclic amines) is 1. The highest BCUT2D eigenvalue weighted by Crippen LogP contribution is 2.37. The van der Waals surface area contributed by atoms with Gasteiger partial charge in [0.1, 0.15) is 5.60 Å². The molecule has 1 aliphatic heterocycles. The maximum atomic E-state index is 12.5. The molecule has 2 fully saturated rings. The Morgan fingerprint density at radius 3 is 2.06 bits per heavy atom. The van der Waals surface area contributed by atoms with Crippen LogP contribution < -0.4 is 10.6 Å². The molecule has 0 radical (unpaired) electrons. The molecule has 9 nitrogen and oxygen atoms in total. The van der Waals surface area contributed by atoms with Crippen LogP contribution in [0, 0.1) is 5.41 Å². The van der Waals surface area contributed by atoms with E-state index < -0.39 is 22.6 Å². The summed E-state index contributed by atoms with van der Waals surface area (Å²) in [6.07, 6.45) is 3.72. The number of rotatable bonds is 7. The van der Waals surface area contributed by atoms with E-state index in [2.05, 4.69) is 10.6 Å². The van der Waals surface area contributed by atoms with E-state index in [1.54, 1.807) is 11.8 Å². The molecule has 0 aromatic carbocycles. The minimum atomic E-state index is -0.546. The number of hydrogen-bond acceptors (Lipinski definition) is 7. The molecule has 190 valence electrons. The van der Waals surface area contributed by atoms with Crippen LogP contribution in [0.2, 0.25) is 0 Å². The maximum Gasteiger partial charge on any atom is 0.410 e. The summed E-state index contributed by atoms with van der Waals surface area (Å²) >= 11 is 0. The summed E-state index contributed by atoms with van der Waals surface area (Å²) in [6, 6.07) is 0.261. The fourth-order valence-corrected chi connectivity index (χ4v) is 4.48. The van der Waals surface area contributed by atoms with E-state index in [-0.39, 0.29) is 18.1 Å². The van der Waals surface area contributed by atoms with E-state index in [0.29, 0.717) is 45.7 Å². The first-order valence-electron chi connectivity index (χ1n) is 12.3. The van der Waals surface area contributed by atoms with E-state index in [1.807, 2.05) is 34.6 Å². The van der Waals surface area contributed by atoms with Crippen molar-refractivity contribution in [3.8, 4) is 0 Å². The van der Waals surface area contributed by atoms with Gasteiger partial charge >= 0.3 is 18.2 Å². The standard InChI is InChI=1S/C24H43N3O6/c1-7-31-19(28)23(6)11-9-18(10-12-23)25-17-24(26-20(29)32-8-2)13-15-27(16-14-24)21(30)33-22(3,4)5/h18,25H,7-17H2,1-6H3,(H,26,29). The van der Waals surface area contributed by atoms with Gasteiger partial charge in [0.05, 0.1) is 24.2 Å². The van der Waals surface area contributed by atoms with Gasteiger partial charge in [-0.2, -0.15) is 0 Å². The van der Waals surface area contributed by atoms with Crippen LogP contribution in [0.5, 0.6) is 0 Å². The molecular weight excluding hydrogens is 426 g/mol. The minimum Gasteiger partial charge on any atom is -0.466 e. The molecule has 0 unspecified atom stereocenters. The Kier molecular flexibility index (Phi) is 9.40. The lowest BCUT2D eigenvalue weighted by Gasteiger charge is -2.43. The van der Waals surface area contributed by atoms with Crippen molar-refractivity contribution in [2.45, 2.75) is 97.2 Å². The molecule has 33 heavy (non-hydrogen) atoms. The second-order valence-corrected chi connectivity index (χ2v) is 10.5. The predicted octanol–water partition coefficient (Wildman–Crippen LogP) is 3.60. The highest BCUT2D eigenvalue weighted by Gasteiger charge is 2.41. The van der Waals surface area contributed by atoms with E-state index in [4.69, 9.17) is 14.2 Å². The number of amides is 2. The average Bonchev–Trinajstić information content (AvgIpc) is 2.73. The first-order chi connectivity index (χ1) is 15.4. The zero-order chi connectivity index (χ0) is 24.7. The van der Waals surface area contributed by atoms with Gasteiger partial charge < -0.3 is 29.7 Å². The van der Waals surface area contributed by atoms with Gasteiger partial charge in [0.15, 0.2) is 0 Å². The molecule has 1 saturated heterocycles. The van der Waals surface area contributed by atoms with E-state index in [9.17, 15) is 14.4 Å². The highest BCUT2D eigenvalue weighted by atomic mass is 16.6. The quantitative estimate of drug-likeness (QED) is 0.433. The lowest BCUT2D eigenvalue weighted by atomic mass is 9.73. The number of carbonyl (C=O) groups excluding carboxylic acids is 3. The van der Waals surface area contributed by atoms with Crippen molar-refractivity contribution in [3.63, 3.8) is 0 Å². The van der Waals surface area contributed by atoms with Gasteiger partial charge in [-0.3, -0.25) is 4.79 Å². The van der Waals surface area contributed by atoms with Crippen molar-refractivity contribution in [2.75, 3.05) is 32.8 Å². The first kappa shape index (κ1) is 27.2. The van der Waals surface area contributed by atoms with Crippen LogP contribution in [0.25, 0.3) is 0 Å². The molecule has 1 saturated carbocycles. The van der Waals surface area contributed by atoms with Crippen LogP contribution in [0.1, 0.15) is 80.1 Å². The largest absolute Gasteiger partial charge is 0.466 e. The molecule has 0 atom stereocenters. The van der Waals surface area contributed by atoms with Crippen molar-refractivity contribution in [1.82, 2.24) is 15.5 Å². The molecule has 2 amide bonds. The minimum absolute atomic E-state index is 0.113. The lowest BCUT2D eigenvalue weighted by Crippen LogP contribution is -2.62. The molecule has 0 aromatic heterocycles. The number of ether oxygens (including phenoxy) is 3. The summed E-state index contributed by atoms with van der Waals surface area (Å²) in [5.41, 5.74) is -1.48. The number of nitrogens with zero attached hydrogens (tertiary/aromatic N) is 1. The van der Waals surface area contributed by atoms with Crippen LogP contribution in [-0.2, 0) is 19.0 Å². The number of alkyl carbamates (subject to hydrolysis) is 1. The highest BCUT2D eigenvalue weighted by molar-refractivity contribution is 5.76. The van der Waals surface area contributed by atoms with E-state index >= 15 is 0 Å². The summed E-state index contributed by atoms with van der Waals surface area (Å²) in [5.74, 6) is -0.113. The molecule has 2 N–H and O–H groups in total. The Labute approximate surface area is 198 Å². The number of piperidine rings is 1. The van der Waals surface area contributed by atoms with Gasteiger partial charge in [0, 0.05) is 25.7 Å². The molecule has 2 rings (SSSR count). The molecule has 2 aliphatic rings. The summed E-state index contributed by atoms with van der Waals surface area (Å²) < 4.78 is 15.9. The molecule has 0 spiro atoms. The van der Waals surface area contributed by atoms with Gasteiger partial charge in [0.2, 0.25) is 0 Å². The SMILES string of the molecule is CCOC(=O)NC1(CNC2CCC(C)(C(=O)OCC)CC2)CCN(C(=O)OC(C)(C)C)CC1. The third-order valence-electron chi connectivity index (χ3n) is 6.60. The number of esters is 1. The summed E-state index contributed by atoms with van der Waals surface area (Å²) in [5, 5.41) is 6.67. The Morgan fingerprint density at radius 2 is 1.55 bits per heavy atom. The molecular formula is C24H43N3O6. The van der Waals surface area contributed by atoms with Crippen LogP contribution in [0.4, 0.5) is 9.59 Å². The summed E-state index contributed by atoms with van der Waals surface area (Å²) in [4.78, 5) is 38.7. The molecule has 0 aromatic rings. The average molecular weight is 470 g/mol. The van der Waals surface area contributed by atoms with Crippen LogP contribution in [0.3, 0.4) is 0 Å². The number of hydrogen-bond donors (Lipinski definition) is 2. The van der Waals surface area contributed by atoms with Crippen molar-refractivity contribution >= 4 is 18.2 Å². The monoisotopic (exact) mass is 469 g/mol. The fraction of sp³-hybridized carbons (Fsp3) is 0.875. The van der Waals surface area contributed by atoms with E-state index in [1.165, 1.54) is 0 Å². The second-order valence-electron chi connectivity index (χ2n) is 10.5. The zero-order valence-electron chi connectivity index (χ0n) is 21.3. The predicted molar refractivity (Wildman–Crippen MR) is 125 cm³/mol. The molecule has 1 aliphatic carbocycles. The molecule has 9 heteroatoms. The van der Waals surface area contributed by atoms with E-state index in [0.717, 1.165) is 25.7 Å². The third kappa shape index (κ3) is 8.05. The molecule has 1 heterocycles. The van der Waals surface area contributed by atoms with Crippen molar-refractivity contribution < 1.29 is 28.6 Å². The Morgan fingerprint density at radius 1 is 0.970 bits per heavy atom. The van der Waals surface area contributed by atoms with Gasteiger partial charge in [0.25, 0.3) is 0 Å². The fourth-order valence-electron chi connectivity index (χ4n) is 4.48. The Hall–Kier alpha value is -2.03. The second kappa shape index (κ2) is 11.4. The third-order valence-corrected chi connectivity index (χ3v) is 6.60. The smallest absolute Gasteiger partial charge is 0.410 e. The number of nitrogens with one attached hydrogen (secondary N) is 2. The zero-order valence-corrected chi connectivity index (χ0v) is 21.3. The Bertz CT molecular complexity index is 674. The Balaban J connectivity index is 1.95. The lowest BCUT2D eigenvalue weighted by molar-refractivity contribution is -0.156. The first-order valence-corrected chi connectivity index (χ1v) is 12.3. The topological polar surface area (TPSA) is 106 Å². The van der Waals surface area contributed by atoms with Crippen LogP contribution in [-0.4, -0.2) is 73.1 Å². The van der Waals surface area contributed by atoms with Crippen LogP contribution in [0.15, 0.2) is 0 Å². The normalized spacial score (nSPS) is 25.2. The summed E-state index contributed by atoms with van der Waals surface area (Å²) in [6.45, 7) is 13.4. The molecule has 0 bridgehead atoms.